The molecule has 0 aliphatic carbocycles. The van der Waals surface area contributed by atoms with E-state index >= 15 is 0 Å². The Labute approximate surface area is 118 Å². The van der Waals surface area contributed by atoms with Crippen LogP contribution >= 0.6 is 0 Å². The third-order valence-corrected chi connectivity index (χ3v) is 2.83. The topological polar surface area (TPSA) is 30.5 Å². The molecule has 0 bridgehead atoms. The zero-order valence-electron chi connectivity index (χ0n) is 11.4. The first kappa shape index (κ1) is 14.3. The first-order chi connectivity index (χ1) is 9.79. The molecule has 0 spiro atoms. The minimum absolute atomic E-state index is 0.201. The van der Waals surface area contributed by atoms with Crippen molar-refractivity contribution in [1.82, 2.24) is 0 Å². The Kier molecular flexibility index (Phi) is 5.38. The van der Waals surface area contributed by atoms with Crippen molar-refractivity contribution in [2.75, 3.05) is 25.6 Å². The quantitative estimate of drug-likeness (QED) is 0.785. The van der Waals surface area contributed by atoms with Gasteiger partial charge < -0.3 is 14.8 Å². The lowest BCUT2D eigenvalue weighted by Gasteiger charge is -2.10. The molecule has 0 amide bonds. The van der Waals surface area contributed by atoms with Crippen LogP contribution in [0.5, 0.6) is 5.75 Å². The van der Waals surface area contributed by atoms with Gasteiger partial charge in [0.25, 0.3) is 0 Å². The second-order valence-electron chi connectivity index (χ2n) is 4.31. The summed E-state index contributed by atoms with van der Waals surface area (Å²) in [6, 6.07) is 14.3. The van der Waals surface area contributed by atoms with Crippen LogP contribution in [0.2, 0.25) is 0 Å². The fourth-order valence-corrected chi connectivity index (χ4v) is 1.78. The summed E-state index contributed by atoms with van der Waals surface area (Å²) in [6.07, 6.45) is 0. The number of hydrogen-bond donors (Lipinski definition) is 1. The molecular weight excluding hydrogens is 257 g/mol. The molecule has 0 saturated carbocycles. The highest BCUT2D eigenvalue weighted by Crippen LogP contribution is 2.18. The van der Waals surface area contributed by atoms with Gasteiger partial charge in [0.05, 0.1) is 6.61 Å². The fourth-order valence-electron chi connectivity index (χ4n) is 1.78. The highest BCUT2D eigenvalue weighted by molar-refractivity contribution is 5.48. The average molecular weight is 275 g/mol. The second-order valence-corrected chi connectivity index (χ2v) is 4.31. The van der Waals surface area contributed by atoms with Gasteiger partial charge in [0.15, 0.2) is 0 Å². The largest absolute Gasteiger partial charge is 0.491 e. The molecule has 2 aromatic carbocycles. The highest BCUT2D eigenvalue weighted by atomic mass is 19.1. The Hall–Kier alpha value is -2.07. The first-order valence-electron chi connectivity index (χ1n) is 6.48. The molecular formula is C16H18FNO2. The Morgan fingerprint density at radius 1 is 1.05 bits per heavy atom. The van der Waals surface area contributed by atoms with Gasteiger partial charge in [-0.1, -0.05) is 24.3 Å². The van der Waals surface area contributed by atoms with Gasteiger partial charge in [-0.15, -0.1) is 0 Å². The van der Waals surface area contributed by atoms with Gasteiger partial charge in [-0.3, -0.25) is 0 Å². The summed E-state index contributed by atoms with van der Waals surface area (Å²) in [4.78, 5) is 0. The molecule has 0 unspecified atom stereocenters. The van der Waals surface area contributed by atoms with Crippen LogP contribution in [0.15, 0.2) is 48.5 Å². The molecule has 1 N–H and O–H groups in total. The minimum Gasteiger partial charge on any atom is -0.491 e. The lowest BCUT2D eigenvalue weighted by Crippen LogP contribution is -2.05. The molecule has 0 aromatic heterocycles. The van der Waals surface area contributed by atoms with Crippen LogP contribution < -0.4 is 10.1 Å². The summed E-state index contributed by atoms with van der Waals surface area (Å²) >= 11 is 0. The van der Waals surface area contributed by atoms with E-state index in [1.807, 2.05) is 30.3 Å². The molecule has 106 valence electrons. The third kappa shape index (κ3) is 4.24. The van der Waals surface area contributed by atoms with Crippen LogP contribution in [0.1, 0.15) is 5.56 Å². The number of nitrogens with one attached hydrogen (secondary N) is 1. The molecule has 2 aromatic rings. The molecule has 0 heterocycles. The molecule has 0 atom stereocenters. The van der Waals surface area contributed by atoms with E-state index in [2.05, 4.69) is 5.32 Å². The first-order valence-corrected chi connectivity index (χ1v) is 6.48. The van der Waals surface area contributed by atoms with Gasteiger partial charge in [-0.25, -0.2) is 4.39 Å². The standard InChI is InChI=1S/C16H18FNO2/c1-19-9-10-20-15-7-4-6-14(11-15)18-12-13-5-2-3-8-16(13)17/h2-8,11,18H,9-10,12H2,1H3. The Morgan fingerprint density at radius 3 is 2.70 bits per heavy atom. The molecule has 0 saturated heterocycles. The predicted molar refractivity (Wildman–Crippen MR) is 77.5 cm³/mol. The molecule has 2 rings (SSSR count). The number of rotatable bonds is 7. The average Bonchev–Trinajstić information content (AvgIpc) is 2.47. The SMILES string of the molecule is COCCOc1cccc(NCc2ccccc2F)c1. The summed E-state index contributed by atoms with van der Waals surface area (Å²) < 4.78 is 24.0. The van der Waals surface area contributed by atoms with E-state index in [9.17, 15) is 4.39 Å². The number of ether oxygens (including phenoxy) is 2. The predicted octanol–water partition coefficient (Wildman–Crippen LogP) is 3.46. The monoisotopic (exact) mass is 275 g/mol. The smallest absolute Gasteiger partial charge is 0.128 e. The molecule has 0 aliphatic heterocycles. The summed E-state index contributed by atoms with van der Waals surface area (Å²) in [5, 5.41) is 3.18. The van der Waals surface area contributed by atoms with Crippen LogP contribution in [0, 0.1) is 5.82 Å². The van der Waals surface area contributed by atoms with Crippen molar-refractivity contribution in [2.24, 2.45) is 0 Å². The zero-order chi connectivity index (χ0) is 14.2. The van der Waals surface area contributed by atoms with E-state index in [1.165, 1.54) is 6.07 Å². The molecule has 20 heavy (non-hydrogen) atoms. The van der Waals surface area contributed by atoms with E-state index in [4.69, 9.17) is 9.47 Å². The van der Waals surface area contributed by atoms with Gasteiger partial charge in [0.2, 0.25) is 0 Å². The minimum atomic E-state index is -0.201. The zero-order valence-corrected chi connectivity index (χ0v) is 11.4. The number of hydrogen-bond acceptors (Lipinski definition) is 3. The van der Waals surface area contributed by atoms with Gasteiger partial charge in [0, 0.05) is 31.0 Å². The van der Waals surface area contributed by atoms with Gasteiger partial charge >= 0.3 is 0 Å². The fraction of sp³-hybridized carbons (Fsp3) is 0.250. The molecule has 3 nitrogen and oxygen atoms in total. The third-order valence-electron chi connectivity index (χ3n) is 2.83. The number of methoxy groups -OCH3 is 1. The summed E-state index contributed by atoms with van der Waals surface area (Å²) in [5.74, 6) is 0.563. The number of anilines is 1. The van der Waals surface area contributed by atoms with Crippen molar-refractivity contribution >= 4 is 5.69 Å². The van der Waals surface area contributed by atoms with Gasteiger partial charge in [-0.2, -0.15) is 0 Å². The van der Waals surface area contributed by atoms with Crippen molar-refractivity contribution in [1.29, 1.82) is 0 Å². The number of benzene rings is 2. The maximum Gasteiger partial charge on any atom is 0.128 e. The van der Waals surface area contributed by atoms with Crippen LogP contribution in [-0.4, -0.2) is 20.3 Å². The Morgan fingerprint density at radius 2 is 1.90 bits per heavy atom. The van der Waals surface area contributed by atoms with Crippen LogP contribution in [0.25, 0.3) is 0 Å². The van der Waals surface area contributed by atoms with E-state index in [1.54, 1.807) is 19.2 Å². The normalized spacial score (nSPS) is 10.3. The van der Waals surface area contributed by atoms with Crippen LogP contribution in [-0.2, 0) is 11.3 Å². The van der Waals surface area contributed by atoms with Crippen molar-refractivity contribution in [3.8, 4) is 5.75 Å². The van der Waals surface area contributed by atoms with E-state index < -0.39 is 0 Å². The molecule has 0 fully saturated rings. The maximum atomic E-state index is 13.5. The molecule has 4 heteroatoms. The summed E-state index contributed by atoms with van der Waals surface area (Å²) in [5.41, 5.74) is 1.53. The van der Waals surface area contributed by atoms with Crippen molar-refractivity contribution in [3.05, 3.63) is 59.9 Å². The van der Waals surface area contributed by atoms with Crippen LogP contribution in [0.4, 0.5) is 10.1 Å². The van der Waals surface area contributed by atoms with Gasteiger partial charge in [0.1, 0.15) is 18.2 Å². The lowest BCUT2D eigenvalue weighted by molar-refractivity contribution is 0.146. The van der Waals surface area contributed by atoms with E-state index in [-0.39, 0.29) is 5.82 Å². The summed E-state index contributed by atoms with van der Waals surface area (Å²) in [7, 11) is 1.63. The number of halogens is 1. The van der Waals surface area contributed by atoms with Crippen molar-refractivity contribution in [2.45, 2.75) is 6.54 Å². The highest BCUT2D eigenvalue weighted by Gasteiger charge is 2.01. The van der Waals surface area contributed by atoms with Gasteiger partial charge in [-0.05, 0) is 18.2 Å². The van der Waals surface area contributed by atoms with Crippen molar-refractivity contribution < 1.29 is 13.9 Å². The Balaban J connectivity index is 1.93. The summed E-state index contributed by atoms with van der Waals surface area (Å²) in [6.45, 7) is 1.49. The molecule has 0 radical (unpaired) electrons. The van der Waals surface area contributed by atoms with Crippen molar-refractivity contribution in [3.63, 3.8) is 0 Å². The maximum absolute atomic E-state index is 13.5. The van der Waals surface area contributed by atoms with E-state index in [0.29, 0.717) is 25.3 Å². The van der Waals surface area contributed by atoms with E-state index in [0.717, 1.165) is 11.4 Å². The van der Waals surface area contributed by atoms with Crippen LogP contribution in [0.3, 0.4) is 0 Å². The lowest BCUT2D eigenvalue weighted by atomic mass is 10.2. The molecule has 0 aliphatic rings. The Bertz CT molecular complexity index is 546. The second kappa shape index (κ2) is 7.50.